The molecule has 33 heavy (non-hydrogen) atoms. The molecule has 0 heterocycles. The first-order valence-corrected chi connectivity index (χ1v) is 11.5. The van der Waals surface area contributed by atoms with E-state index in [1.165, 1.54) is 11.1 Å². The van der Waals surface area contributed by atoms with Crippen LogP contribution in [0.2, 0.25) is 0 Å². The molecule has 0 radical (unpaired) electrons. The minimum Gasteiger partial charge on any atom is -0.496 e. The quantitative estimate of drug-likeness (QED) is 0.459. The van der Waals surface area contributed by atoms with Crippen molar-refractivity contribution in [2.24, 2.45) is 0 Å². The van der Waals surface area contributed by atoms with Crippen LogP contribution in [0.15, 0.2) is 54.6 Å². The summed E-state index contributed by atoms with van der Waals surface area (Å²) >= 11 is 0. The third-order valence-corrected chi connectivity index (χ3v) is 7.17. The van der Waals surface area contributed by atoms with Gasteiger partial charge in [0.25, 0.3) is 0 Å². The molecule has 0 aliphatic heterocycles. The van der Waals surface area contributed by atoms with Gasteiger partial charge in [-0.2, -0.15) is 5.26 Å². The van der Waals surface area contributed by atoms with E-state index in [9.17, 15) is 5.26 Å². The second-order valence-corrected chi connectivity index (χ2v) is 9.18. The van der Waals surface area contributed by atoms with Gasteiger partial charge in [-0.25, -0.2) is 0 Å². The molecule has 2 aliphatic rings. The molecule has 168 valence electrons. The van der Waals surface area contributed by atoms with Crippen molar-refractivity contribution in [3.63, 3.8) is 0 Å². The highest BCUT2D eigenvalue weighted by Crippen LogP contribution is 2.48. The molecule has 0 atom stereocenters. The summed E-state index contributed by atoms with van der Waals surface area (Å²) in [6.07, 6.45) is 3.91. The normalized spacial score (nSPS) is 16.2. The Balaban J connectivity index is 1.49. The zero-order valence-corrected chi connectivity index (χ0v) is 19.5. The van der Waals surface area contributed by atoms with Gasteiger partial charge in [0.15, 0.2) is 0 Å². The highest BCUT2D eigenvalue weighted by atomic mass is 16.5. The van der Waals surface area contributed by atoms with E-state index in [-0.39, 0.29) is 11.5 Å². The summed E-state index contributed by atoms with van der Waals surface area (Å²) in [5.74, 6) is 1.59. The van der Waals surface area contributed by atoms with Gasteiger partial charge in [-0.15, -0.1) is 0 Å². The Morgan fingerprint density at radius 1 is 0.939 bits per heavy atom. The van der Waals surface area contributed by atoms with Gasteiger partial charge in [0.05, 0.1) is 38.4 Å². The molecule has 0 unspecified atom stereocenters. The monoisotopic (exact) mass is 439 g/mol. The molecule has 1 saturated carbocycles. The number of nitrogens with zero attached hydrogens (tertiary/aromatic N) is 1. The lowest BCUT2D eigenvalue weighted by atomic mass is 9.90. The molecule has 3 aromatic rings. The number of hydrogen-bond donors (Lipinski definition) is 0. The smallest absolute Gasteiger partial charge is 0.126 e. The van der Waals surface area contributed by atoms with E-state index in [0.29, 0.717) is 6.61 Å². The Morgan fingerprint density at radius 3 is 2.12 bits per heavy atom. The molecule has 0 aromatic heterocycles. The van der Waals surface area contributed by atoms with Gasteiger partial charge >= 0.3 is 0 Å². The number of benzene rings is 3. The topological polar surface area (TPSA) is 51.5 Å². The number of rotatable bonds is 7. The number of hydrogen-bond acceptors (Lipinski definition) is 4. The van der Waals surface area contributed by atoms with E-state index < -0.39 is 0 Å². The van der Waals surface area contributed by atoms with Crippen LogP contribution >= 0.6 is 0 Å². The Morgan fingerprint density at radius 2 is 1.58 bits per heavy atom. The zero-order chi connectivity index (χ0) is 23.0. The summed E-state index contributed by atoms with van der Waals surface area (Å²) in [7, 11) is 3.36. The first-order valence-electron chi connectivity index (χ1n) is 11.5. The van der Waals surface area contributed by atoms with Crippen molar-refractivity contribution in [3.05, 3.63) is 82.4 Å². The maximum absolute atomic E-state index is 9.74. The molecule has 4 nitrogen and oxygen atoms in total. The highest BCUT2D eigenvalue weighted by Gasteiger charge is 2.45. The minimum atomic E-state index is -0.334. The molecule has 1 fully saturated rings. The summed E-state index contributed by atoms with van der Waals surface area (Å²) in [6.45, 7) is 2.50. The third kappa shape index (κ3) is 3.98. The van der Waals surface area contributed by atoms with E-state index in [4.69, 9.17) is 14.2 Å². The Hall–Kier alpha value is -3.29. The fourth-order valence-corrected chi connectivity index (χ4v) is 4.97. The predicted molar refractivity (Wildman–Crippen MR) is 129 cm³/mol. The van der Waals surface area contributed by atoms with Crippen LogP contribution in [0.5, 0.6) is 11.5 Å². The molecule has 4 heteroatoms. The lowest BCUT2D eigenvalue weighted by molar-refractivity contribution is 0.0481. The molecular weight excluding hydrogens is 410 g/mol. The van der Waals surface area contributed by atoms with Crippen LogP contribution in [-0.4, -0.2) is 20.3 Å². The maximum Gasteiger partial charge on any atom is 0.126 e. The van der Waals surface area contributed by atoms with Gasteiger partial charge in [0.1, 0.15) is 11.5 Å². The molecule has 0 saturated heterocycles. The standard InChI is InChI=1S/C29H29NO3/c1-19-27(31-2)15-22(16-28(19)32-3)26-9-8-24(29(18-30)10-11-29)12-23(26)17-33-25-13-20-6-4-5-7-21(20)14-25/h4-9,12,15-16,25H,10-11,13-14,17H2,1-3H3. The average molecular weight is 440 g/mol. The van der Waals surface area contributed by atoms with Crippen molar-refractivity contribution in [1.29, 1.82) is 5.26 Å². The zero-order valence-electron chi connectivity index (χ0n) is 19.5. The van der Waals surface area contributed by atoms with Gasteiger partial charge in [-0.1, -0.05) is 42.5 Å². The highest BCUT2D eigenvalue weighted by molar-refractivity contribution is 5.72. The van der Waals surface area contributed by atoms with Crippen molar-refractivity contribution >= 4 is 0 Å². The summed E-state index contributed by atoms with van der Waals surface area (Å²) in [5.41, 5.74) is 7.70. The van der Waals surface area contributed by atoms with Crippen LogP contribution in [-0.2, 0) is 29.6 Å². The molecule has 0 N–H and O–H groups in total. The fourth-order valence-electron chi connectivity index (χ4n) is 4.97. The SMILES string of the molecule is COc1cc(-c2ccc(C3(C#N)CC3)cc2COC2Cc3ccccc3C2)cc(OC)c1C. The largest absolute Gasteiger partial charge is 0.496 e. The number of nitriles is 1. The van der Waals surface area contributed by atoms with Gasteiger partial charge in [0, 0.05) is 5.56 Å². The first-order chi connectivity index (χ1) is 16.1. The van der Waals surface area contributed by atoms with Gasteiger partial charge in [-0.05, 0) is 78.1 Å². The van der Waals surface area contributed by atoms with Crippen LogP contribution in [0.25, 0.3) is 11.1 Å². The van der Waals surface area contributed by atoms with Crippen LogP contribution in [0.4, 0.5) is 0 Å². The van der Waals surface area contributed by atoms with Gasteiger partial charge in [-0.3, -0.25) is 0 Å². The molecule has 0 amide bonds. The van der Waals surface area contributed by atoms with Gasteiger partial charge in [0.2, 0.25) is 0 Å². The van der Waals surface area contributed by atoms with Crippen molar-refractivity contribution in [2.75, 3.05) is 14.2 Å². The summed E-state index contributed by atoms with van der Waals surface area (Å²) < 4.78 is 17.7. The van der Waals surface area contributed by atoms with Crippen molar-refractivity contribution in [2.45, 2.75) is 50.7 Å². The average Bonchev–Trinajstić information content (AvgIpc) is 3.54. The lowest BCUT2D eigenvalue weighted by Gasteiger charge is -2.19. The minimum absolute atomic E-state index is 0.173. The molecule has 0 bridgehead atoms. The van der Waals surface area contributed by atoms with Crippen molar-refractivity contribution in [1.82, 2.24) is 0 Å². The third-order valence-electron chi connectivity index (χ3n) is 7.17. The summed E-state index contributed by atoms with van der Waals surface area (Å²) in [4.78, 5) is 0. The van der Waals surface area contributed by atoms with E-state index in [1.807, 2.05) is 6.92 Å². The van der Waals surface area contributed by atoms with Crippen LogP contribution in [0, 0.1) is 18.3 Å². The molecular formula is C29H29NO3. The van der Waals surface area contributed by atoms with Crippen LogP contribution in [0.3, 0.4) is 0 Å². The second-order valence-electron chi connectivity index (χ2n) is 9.18. The fraction of sp³-hybridized carbons (Fsp3) is 0.345. The van der Waals surface area contributed by atoms with E-state index >= 15 is 0 Å². The summed E-state index contributed by atoms with van der Waals surface area (Å²) in [5, 5.41) is 9.74. The Labute approximate surface area is 195 Å². The molecule has 0 spiro atoms. The second kappa shape index (κ2) is 8.57. The lowest BCUT2D eigenvalue weighted by Crippen LogP contribution is -2.13. The Bertz CT molecular complexity index is 1190. The van der Waals surface area contributed by atoms with E-state index in [0.717, 1.165) is 65.0 Å². The van der Waals surface area contributed by atoms with Crippen LogP contribution < -0.4 is 9.47 Å². The number of methoxy groups -OCH3 is 2. The molecule has 3 aromatic carbocycles. The van der Waals surface area contributed by atoms with Gasteiger partial charge < -0.3 is 14.2 Å². The molecule has 2 aliphatic carbocycles. The summed E-state index contributed by atoms with van der Waals surface area (Å²) in [6, 6.07) is 21.6. The number of ether oxygens (including phenoxy) is 3. The first kappa shape index (κ1) is 21.6. The van der Waals surface area contributed by atoms with Crippen molar-refractivity contribution in [3.8, 4) is 28.7 Å². The van der Waals surface area contributed by atoms with E-state index in [1.54, 1.807) is 14.2 Å². The Kier molecular flexibility index (Phi) is 5.60. The number of fused-ring (bicyclic) bond motifs is 1. The maximum atomic E-state index is 9.74. The molecule has 5 rings (SSSR count). The predicted octanol–water partition coefficient (Wildman–Crippen LogP) is 5.92. The van der Waals surface area contributed by atoms with Crippen LogP contribution in [0.1, 0.15) is 40.7 Å². The van der Waals surface area contributed by atoms with Crippen molar-refractivity contribution < 1.29 is 14.2 Å². The van der Waals surface area contributed by atoms with E-state index in [2.05, 4.69) is 60.7 Å².